The average molecular weight is 347 g/mol. The number of amides is 3. The van der Waals surface area contributed by atoms with Crippen molar-refractivity contribution in [1.82, 2.24) is 15.5 Å². The Labute approximate surface area is 144 Å². The Morgan fingerprint density at radius 2 is 2.04 bits per heavy atom. The minimum Gasteiger partial charge on any atom is -0.352 e. The molecular formula is C16H21N5O2S. The molecule has 0 saturated heterocycles. The van der Waals surface area contributed by atoms with Crippen molar-refractivity contribution >= 4 is 28.4 Å². The van der Waals surface area contributed by atoms with E-state index in [0.717, 1.165) is 29.0 Å². The highest BCUT2D eigenvalue weighted by atomic mass is 32.1. The van der Waals surface area contributed by atoms with Gasteiger partial charge in [-0.25, -0.2) is 4.79 Å². The van der Waals surface area contributed by atoms with E-state index >= 15 is 0 Å². The van der Waals surface area contributed by atoms with Crippen molar-refractivity contribution in [3.63, 3.8) is 0 Å². The van der Waals surface area contributed by atoms with E-state index in [0.29, 0.717) is 5.13 Å². The van der Waals surface area contributed by atoms with Crippen molar-refractivity contribution in [2.45, 2.75) is 39.2 Å². The van der Waals surface area contributed by atoms with E-state index < -0.39 is 12.1 Å². The fourth-order valence-corrected chi connectivity index (χ4v) is 3.22. The van der Waals surface area contributed by atoms with Crippen LogP contribution >= 0.6 is 11.3 Å². The zero-order valence-electron chi connectivity index (χ0n) is 13.7. The van der Waals surface area contributed by atoms with Gasteiger partial charge in [-0.3, -0.25) is 4.79 Å². The molecule has 0 saturated carbocycles. The number of urea groups is 1. The maximum Gasteiger partial charge on any atom is 0.312 e. The number of nitrogens with one attached hydrogen (secondary N) is 2. The summed E-state index contributed by atoms with van der Waals surface area (Å²) in [5.41, 5.74) is 7.08. The van der Waals surface area contributed by atoms with Gasteiger partial charge in [-0.15, -0.1) is 10.2 Å². The second-order valence-corrected chi connectivity index (χ2v) is 6.48. The average Bonchev–Trinajstić information content (AvgIpc) is 2.94. The van der Waals surface area contributed by atoms with Crippen LogP contribution in [0.4, 0.5) is 9.93 Å². The Morgan fingerprint density at radius 3 is 2.71 bits per heavy atom. The molecule has 0 aliphatic rings. The number of hydrogen-bond donors (Lipinski definition) is 3. The largest absolute Gasteiger partial charge is 0.352 e. The summed E-state index contributed by atoms with van der Waals surface area (Å²) in [5, 5.41) is 14.7. The number of hydrogen-bond acceptors (Lipinski definition) is 5. The number of nitrogens with two attached hydrogens (primary N) is 1. The quantitative estimate of drug-likeness (QED) is 0.715. The topological polar surface area (TPSA) is 110 Å². The first-order valence-electron chi connectivity index (χ1n) is 7.73. The Kier molecular flexibility index (Phi) is 6.25. The summed E-state index contributed by atoms with van der Waals surface area (Å²) in [6.45, 7) is 3.98. The summed E-state index contributed by atoms with van der Waals surface area (Å²) in [6, 6.07) is 6.39. The van der Waals surface area contributed by atoms with Gasteiger partial charge in [-0.2, -0.15) is 0 Å². The first-order valence-corrected chi connectivity index (χ1v) is 8.55. The van der Waals surface area contributed by atoms with Gasteiger partial charge in [0.2, 0.25) is 11.0 Å². The number of aryl methyl sites for hydroxylation is 2. The third-order valence-corrected chi connectivity index (χ3v) is 4.35. The normalized spacial score (nSPS) is 11.8. The minimum absolute atomic E-state index is 0.0660. The van der Waals surface area contributed by atoms with Gasteiger partial charge < -0.3 is 16.4 Å². The summed E-state index contributed by atoms with van der Waals surface area (Å²) in [7, 11) is 0. The van der Waals surface area contributed by atoms with Crippen LogP contribution < -0.4 is 16.4 Å². The molecule has 2 rings (SSSR count). The molecule has 128 valence electrons. The van der Waals surface area contributed by atoms with Crippen LogP contribution in [0.2, 0.25) is 0 Å². The van der Waals surface area contributed by atoms with Gasteiger partial charge in [-0.1, -0.05) is 42.5 Å². The lowest BCUT2D eigenvalue weighted by molar-refractivity contribution is -0.116. The van der Waals surface area contributed by atoms with Gasteiger partial charge in [0.15, 0.2) is 0 Å². The predicted octanol–water partition coefficient (Wildman–Crippen LogP) is 2.54. The second kappa shape index (κ2) is 8.39. The smallest absolute Gasteiger partial charge is 0.312 e. The number of nitrogens with zero attached hydrogens (tertiary/aromatic N) is 2. The van der Waals surface area contributed by atoms with E-state index in [1.54, 1.807) is 0 Å². The summed E-state index contributed by atoms with van der Waals surface area (Å²) in [4.78, 5) is 23.6. The molecule has 1 heterocycles. The molecule has 7 nitrogen and oxygen atoms in total. The zero-order valence-corrected chi connectivity index (χ0v) is 14.5. The molecule has 1 atom stereocenters. The van der Waals surface area contributed by atoms with E-state index in [1.165, 1.54) is 11.3 Å². The van der Waals surface area contributed by atoms with Crippen molar-refractivity contribution in [1.29, 1.82) is 0 Å². The predicted molar refractivity (Wildman–Crippen MR) is 93.8 cm³/mol. The minimum atomic E-state index is -0.669. The van der Waals surface area contributed by atoms with Crippen LogP contribution in [0.5, 0.6) is 0 Å². The summed E-state index contributed by atoms with van der Waals surface area (Å²) >= 11 is 1.36. The summed E-state index contributed by atoms with van der Waals surface area (Å²) in [6.07, 6.45) is 1.87. The third kappa shape index (κ3) is 5.02. The van der Waals surface area contributed by atoms with Crippen LogP contribution in [-0.4, -0.2) is 22.1 Å². The van der Waals surface area contributed by atoms with Gasteiger partial charge in [0.25, 0.3) is 0 Å². The van der Waals surface area contributed by atoms with Crippen molar-refractivity contribution < 1.29 is 9.59 Å². The second-order valence-electron chi connectivity index (χ2n) is 5.42. The summed E-state index contributed by atoms with van der Waals surface area (Å²) in [5.74, 6) is -0.254. The molecule has 24 heavy (non-hydrogen) atoms. The number of rotatable bonds is 7. The van der Waals surface area contributed by atoms with Crippen molar-refractivity contribution in [3.8, 4) is 0 Å². The Hall–Kier alpha value is -2.48. The van der Waals surface area contributed by atoms with Crippen LogP contribution in [0, 0.1) is 6.92 Å². The van der Waals surface area contributed by atoms with E-state index in [9.17, 15) is 9.59 Å². The highest BCUT2D eigenvalue weighted by molar-refractivity contribution is 7.15. The molecule has 0 fully saturated rings. The molecule has 0 aliphatic heterocycles. The Bertz CT molecular complexity index is 716. The van der Waals surface area contributed by atoms with Crippen molar-refractivity contribution in [2.24, 2.45) is 5.73 Å². The molecule has 1 aromatic heterocycles. The standard InChI is InChI=1S/C16H21N5O2S/c1-3-6-14-20-21-16(24-14)19-13(22)9-12(18-15(17)23)11-8-5-4-7-10(11)2/h4-5,7-8,12H,3,6,9H2,1-2H3,(H3,17,18,23)(H,19,21,22). The molecule has 1 unspecified atom stereocenters. The van der Waals surface area contributed by atoms with Crippen LogP contribution in [-0.2, 0) is 11.2 Å². The van der Waals surface area contributed by atoms with Gasteiger partial charge >= 0.3 is 6.03 Å². The molecule has 0 aliphatic carbocycles. The number of anilines is 1. The van der Waals surface area contributed by atoms with Crippen LogP contribution in [0.3, 0.4) is 0 Å². The fourth-order valence-electron chi connectivity index (χ4n) is 2.36. The van der Waals surface area contributed by atoms with Crippen LogP contribution in [0.1, 0.15) is 41.9 Å². The zero-order chi connectivity index (χ0) is 17.5. The van der Waals surface area contributed by atoms with Gasteiger partial charge in [-0.05, 0) is 24.5 Å². The first kappa shape index (κ1) is 17.9. The van der Waals surface area contributed by atoms with Gasteiger partial charge in [0.1, 0.15) is 5.01 Å². The lowest BCUT2D eigenvalue weighted by Gasteiger charge is -2.19. The SMILES string of the molecule is CCCc1nnc(NC(=O)CC(NC(N)=O)c2ccccc2C)s1. The van der Waals surface area contributed by atoms with E-state index in [2.05, 4.69) is 27.8 Å². The molecule has 0 bridgehead atoms. The van der Waals surface area contributed by atoms with Gasteiger partial charge in [0.05, 0.1) is 12.5 Å². The number of aromatic nitrogens is 2. The van der Waals surface area contributed by atoms with E-state index in [4.69, 9.17) is 5.73 Å². The van der Waals surface area contributed by atoms with E-state index in [1.807, 2.05) is 31.2 Å². The number of primary amides is 1. The number of carbonyl (C=O) groups excluding carboxylic acids is 2. The monoisotopic (exact) mass is 347 g/mol. The lowest BCUT2D eigenvalue weighted by atomic mass is 9.98. The van der Waals surface area contributed by atoms with Gasteiger partial charge in [0, 0.05) is 6.42 Å². The maximum absolute atomic E-state index is 12.3. The molecule has 3 amide bonds. The van der Waals surface area contributed by atoms with Crippen molar-refractivity contribution in [3.05, 3.63) is 40.4 Å². The summed E-state index contributed by atoms with van der Waals surface area (Å²) < 4.78 is 0. The third-order valence-electron chi connectivity index (χ3n) is 3.45. The van der Waals surface area contributed by atoms with Crippen LogP contribution in [0.15, 0.2) is 24.3 Å². The molecular weight excluding hydrogens is 326 g/mol. The lowest BCUT2D eigenvalue weighted by Crippen LogP contribution is -2.35. The van der Waals surface area contributed by atoms with Crippen molar-refractivity contribution in [2.75, 3.05) is 5.32 Å². The Balaban J connectivity index is 2.06. The fraction of sp³-hybridized carbons (Fsp3) is 0.375. The highest BCUT2D eigenvalue weighted by Crippen LogP contribution is 2.22. The number of carbonyl (C=O) groups is 2. The first-order chi connectivity index (χ1) is 11.5. The highest BCUT2D eigenvalue weighted by Gasteiger charge is 2.20. The maximum atomic E-state index is 12.3. The molecule has 0 spiro atoms. The molecule has 8 heteroatoms. The molecule has 0 radical (unpaired) electrons. The molecule has 4 N–H and O–H groups in total. The van der Waals surface area contributed by atoms with Crippen LogP contribution in [0.25, 0.3) is 0 Å². The Morgan fingerprint density at radius 1 is 1.29 bits per heavy atom. The van der Waals surface area contributed by atoms with E-state index in [-0.39, 0.29) is 12.3 Å². The number of benzene rings is 1. The molecule has 2 aromatic rings. The molecule has 1 aromatic carbocycles.